The zero-order chi connectivity index (χ0) is 24.2. The highest BCUT2D eigenvalue weighted by Crippen LogP contribution is 2.32. The minimum atomic E-state index is -0.706. The van der Waals surface area contributed by atoms with E-state index in [1.165, 1.54) is 13.2 Å². The Hall–Kier alpha value is -4.32. The molecule has 1 aromatic heterocycles. The Morgan fingerprint density at radius 2 is 1.56 bits per heavy atom. The lowest BCUT2D eigenvalue weighted by Gasteiger charge is -2.10. The SMILES string of the molecule is COc1ccc(/C=C/C(=O)Oc2c(-c3ccc(C)cc3)oc3ccc(C)cc3c2=O)cc1OC. The number of fused-ring (bicyclic) bond motifs is 1. The van der Waals surface area contributed by atoms with E-state index in [-0.39, 0.29) is 11.5 Å². The molecule has 6 heteroatoms. The highest BCUT2D eigenvalue weighted by Gasteiger charge is 2.20. The molecular formula is C28H24O6. The third-order valence-electron chi connectivity index (χ3n) is 5.34. The minimum absolute atomic E-state index is 0.149. The maximum absolute atomic E-state index is 13.3. The Balaban J connectivity index is 1.72. The fourth-order valence-corrected chi connectivity index (χ4v) is 3.54. The van der Waals surface area contributed by atoms with Gasteiger partial charge in [0.1, 0.15) is 5.58 Å². The van der Waals surface area contributed by atoms with Crippen molar-refractivity contribution in [2.24, 2.45) is 0 Å². The van der Waals surface area contributed by atoms with Crippen LogP contribution >= 0.6 is 0 Å². The van der Waals surface area contributed by atoms with Crippen molar-refractivity contribution in [1.29, 1.82) is 0 Å². The number of carbonyl (C=O) groups is 1. The number of methoxy groups -OCH3 is 2. The van der Waals surface area contributed by atoms with Crippen LogP contribution in [-0.4, -0.2) is 20.2 Å². The van der Waals surface area contributed by atoms with Gasteiger partial charge in [0.2, 0.25) is 11.2 Å². The summed E-state index contributed by atoms with van der Waals surface area (Å²) in [5.41, 5.74) is 3.30. The first kappa shape index (κ1) is 22.9. The van der Waals surface area contributed by atoms with Gasteiger partial charge in [-0.1, -0.05) is 47.5 Å². The quantitative estimate of drug-likeness (QED) is 0.273. The maximum Gasteiger partial charge on any atom is 0.336 e. The molecule has 0 bridgehead atoms. The van der Waals surface area contributed by atoms with Crippen LogP contribution in [-0.2, 0) is 4.79 Å². The lowest BCUT2D eigenvalue weighted by atomic mass is 10.1. The molecule has 0 radical (unpaired) electrons. The van der Waals surface area contributed by atoms with Gasteiger partial charge in [0.15, 0.2) is 17.3 Å². The molecule has 0 spiro atoms. The molecule has 0 aliphatic rings. The Labute approximate surface area is 197 Å². The molecule has 3 aromatic carbocycles. The Kier molecular flexibility index (Phi) is 6.50. The highest BCUT2D eigenvalue weighted by molar-refractivity contribution is 5.91. The molecule has 4 rings (SSSR count). The monoisotopic (exact) mass is 456 g/mol. The third kappa shape index (κ3) is 4.71. The first-order valence-electron chi connectivity index (χ1n) is 10.7. The molecule has 4 aromatic rings. The summed E-state index contributed by atoms with van der Waals surface area (Å²) in [6.07, 6.45) is 2.82. The second-order valence-electron chi connectivity index (χ2n) is 7.82. The van der Waals surface area contributed by atoms with Gasteiger partial charge in [0.05, 0.1) is 19.6 Å². The third-order valence-corrected chi connectivity index (χ3v) is 5.34. The van der Waals surface area contributed by atoms with E-state index < -0.39 is 11.4 Å². The molecule has 0 fully saturated rings. The average molecular weight is 456 g/mol. The van der Waals surface area contributed by atoms with Gasteiger partial charge >= 0.3 is 5.97 Å². The largest absolute Gasteiger partial charge is 0.493 e. The van der Waals surface area contributed by atoms with Crippen molar-refractivity contribution in [1.82, 2.24) is 0 Å². The molecule has 0 saturated heterocycles. The molecule has 34 heavy (non-hydrogen) atoms. The van der Waals surface area contributed by atoms with Crippen LogP contribution in [0.1, 0.15) is 16.7 Å². The van der Waals surface area contributed by atoms with E-state index in [1.807, 2.05) is 44.2 Å². The van der Waals surface area contributed by atoms with Gasteiger partial charge in [0, 0.05) is 11.6 Å². The molecule has 0 atom stereocenters. The van der Waals surface area contributed by atoms with Crippen LogP contribution in [0, 0.1) is 13.8 Å². The number of esters is 1. The number of hydrogen-bond donors (Lipinski definition) is 0. The van der Waals surface area contributed by atoms with Gasteiger partial charge < -0.3 is 18.6 Å². The zero-order valence-electron chi connectivity index (χ0n) is 19.4. The van der Waals surface area contributed by atoms with Gasteiger partial charge in [-0.2, -0.15) is 0 Å². The standard InChI is InChI=1S/C28H24O6/c1-17-5-10-20(11-6-17)27-28(26(30)21-15-18(2)7-12-22(21)33-27)34-25(29)14-9-19-8-13-23(31-3)24(16-19)32-4/h5-16H,1-4H3/b14-9+. The fraction of sp³-hybridized carbons (Fsp3) is 0.143. The summed E-state index contributed by atoms with van der Waals surface area (Å²) in [6.45, 7) is 3.84. The van der Waals surface area contributed by atoms with Gasteiger partial charge in [-0.3, -0.25) is 4.79 Å². The molecule has 0 unspecified atom stereocenters. The highest BCUT2D eigenvalue weighted by atomic mass is 16.5. The van der Waals surface area contributed by atoms with Crippen molar-refractivity contribution in [3.8, 4) is 28.6 Å². The van der Waals surface area contributed by atoms with Crippen molar-refractivity contribution in [3.63, 3.8) is 0 Å². The van der Waals surface area contributed by atoms with E-state index in [9.17, 15) is 9.59 Å². The van der Waals surface area contributed by atoms with Gasteiger partial charge in [-0.25, -0.2) is 4.79 Å². The number of rotatable bonds is 6. The summed E-state index contributed by atoms with van der Waals surface area (Å²) in [6, 6.07) is 18.0. The van der Waals surface area contributed by atoms with Crippen molar-refractivity contribution >= 4 is 23.0 Å². The number of benzene rings is 3. The van der Waals surface area contributed by atoms with Crippen LogP contribution in [0.4, 0.5) is 0 Å². The molecule has 0 N–H and O–H groups in total. The summed E-state index contributed by atoms with van der Waals surface area (Å²) in [5, 5.41) is 0.350. The van der Waals surface area contributed by atoms with Crippen LogP contribution < -0.4 is 19.6 Å². The summed E-state index contributed by atoms with van der Waals surface area (Å²) < 4.78 is 22.1. The molecule has 0 aliphatic carbocycles. The van der Waals surface area contributed by atoms with Crippen LogP contribution in [0.2, 0.25) is 0 Å². The fourth-order valence-electron chi connectivity index (χ4n) is 3.54. The predicted octanol–water partition coefficient (Wildman–Crippen LogP) is 5.71. The number of ether oxygens (including phenoxy) is 3. The Morgan fingerprint density at radius 1 is 0.853 bits per heavy atom. The van der Waals surface area contributed by atoms with E-state index in [4.69, 9.17) is 18.6 Å². The second-order valence-corrected chi connectivity index (χ2v) is 7.82. The van der Waals surface area contributed by atoms with Gasteiger partial charge in [-0.15, -0.1) is 0 Å². The van der Waals surface area contributed by atoms with Crippen LogP contribution in [0.3, 0.4) is 0 Å². The summed E-state index contributed by atoms with van der Waals surface area (Å²) >= 11 is 0. The predicted molar refractivity (Wildman–Crippen MR) is 132 cm³/mol. The Morgan fingerprint density at radius 3 is 2.26 bits per heavy atom. The van der Waals surface area contributed by atoms with Crippen LogP contribution in [0.25, 0.3) is 28.4 Å². The first-order chi connectivity index (χ1) is 16.4. The normalized spacial score (nSPS) is 11.1. The molecule has 6 nitrogen and oxygen atoms in total. The number of hydrogen-bond acceptors (Lipinski definition) is 6. The molecule has 0 saturated carbocycles. The van der Waals surface area contributed by atoms with Crippen molar-refractivity contribution in [2.75, 3.05) is 14.2 Å². The van der Waals surface area contributed by atoms with Crippen LogP contribution in [0.5, 0.6) is 17.2 Å². The zero-order valence-corrected chi connectivity index (χ0v) is 19.4. The van der Waals surface area contributed by atoms with Crippen LogP contribution in [0.15, 0.2) is 76.0 Å². The summed E-state index contributed by atoms with van der Waals surface area (Å²) in [7, 11) is 3.08. The van der Waals surface area contributed by atoms with Crippen molar-refractivity contribution in [3.05, 3.63) is 93.7 Å². The lowest BCUT2D eigenvalue weighted by Crippen LogP contribution is -2.14. The summed E-state index contributed by atoms with van der Waals surface area (Å²) in [5.74, 6) is 0.458. The second kappa shape index (κ2) is 9.67. The minimum Gasteiger partial charge on any atom is -0.493 e. The van der Waals surface area contributed by atoms with E-state index >= 15 is 0 Å². The average Bonchev–Trinajstić information content (AvgIpc) is 2.85. The van der Waals surface area contributed by atoms with Crippen molar-refractivity contribution in [2.45, 2.75) is 13.8 Å². The van der Waals surface area contributed by atoms with Gasteiger partial charge in [0.25, 0.3) is 0 Å². The topological polar surface area (TPSA) is 75.0 Å². The molecule has 1 heterocycles. The maximum atomic E-state index is 13.3. The number of carbonyl (C=O) groups excluding carboxylic acids is 1. The number of aryl methyl sites for hydroxylation is 2. The molecular weight excluding hydrogens is 432 g/mol. The molecule has 0 amide bonds. The van der Waals surface area contributed by atoms with E-state index in [0.717, 1.165) is 11.1 Å². The van der Waals surface area contributed by atoms with Crippen molar-refractivity contribution < 1.29 is 23.4 Å². The summed E-state index contributed by atoms with van der Waals surface area (Å²) in [4.78, 5) is 26.0. The lowest BCUT2D eigenvalue weighted by molar-refractivity contribution is -0.129. The van der Waals surface area contributed by atoms with E-state index in [1.54, 1.807) is 43.5 Å². The van der Waals surface area contributed by atoms with Gasteiger partial charge in [-0.05, 0) is 49.8 Å². The smallest absolute Gasteiger partial charge is 0.336 e. The Bertz CT molecular complexity index is 1440. The molecule has 172 valence electrons. The molecule has 0 aliphatic heterocycles. The van der Waals surface area contributed by atoms with E-state index in [0.29, 0.717) is 33.6 Å². The first-order valence-corrected chi connectivity index (χ1v) is 10.7. The van der Waals surface area contributed by atoms with E-state index in [2.05, 4.69) is 0 Å².